The molecule has 1 aliphatic rings. The zero-order valence-corrected chi connectivity index (χ0v) is 12.2. The van der Waals surface area contributed by atoms with Gasteiger partial charge in [-0.1, -0.05) is 0 Å². The van der Waals surface area contributed by atoms with Crippen LogP contribution < -0.4 is 0 Å². The molecule has 1 rings (SSSR count). The van der Waals surface area contributed by atoms with E-state index in [1.54, 1.807) is 0 Å². The lowest BCUT2D eigenvalue weighted by molar-refractivity contribution is -0.142. The highest BCUT2D eigenvalue weighted by Gasteiger charge is 2.38. The molecule has 0 aromatic rings. The maximum atomic E-state index is 12.3. The first-order valence-corrected chi connectivity index (χ1v) is 7.84. The number of hydrogen-bond donors (Lipinski definition) is 1. The molecule has 0 saturated carbocycles. The molecule has 0 aliphatic carbocycles. The Hall–Kier alpha value is -0.700. The number of aliphatic carboxylic acids is 1. The molecule has 0 aromatic carbocycles. The van der Waals surface area contributed by atoms with Crippen molar-refractivity contribution in [2.45, 2.75) is 32.2 Å². The Bertz CT molecular complexity index is 398. The van der Waals surface area contributed by atoms with Crippen LogP contribution in [0, 0.1) is 0 Å². The smallest absolute Gasteiger partial charge is 0.322 e. The van der Waals surface area contributed by atoms with Crippen LogP contribution in [-0.4, -0.2) is 67.5 Å². The fourth-order valence-electron chi connectivity index (χ4n) is 2.06. The Labute approximate surface area is 114 Å². The van der Waals surface area contributed by atoms with Gasteiger partial charge in [-0.15, -0.1) is 0 Å². The van der Waals surface area contributed by atoms with Crippen LogP contribution in [0.3, 0.4) is 0 Å². The third-order valence-corrected chi connectivity index (χ3v) is 5.18. The van der Waals surface area contributed by atoms with Crippen LogP contribution in [-0.2, 0) is 19.7 Å². The summed E-state index contributed by atoms with van der Waals surface area (Å²) in [5.74, 6) is -1.08. The number of ether oxygens (including phenoxy) is 1. The van der Waals surface area contributed by atoms with Crippen molar-refractivity contribution in [3.05, 3.63) is 0 Å². The predicted molar refractivity (Wildman–Crippen MR) is 70.0 cm³/mol. The van der Waals surface area contributed by atoms with Crippen molar-refractivity contribution < 1.29 is 23.1 Å². The Balaban J connectivity index is 2.75. The molecule has 1 heterocycles. The molecule has 7 nitrogen and oxygen atoms in total. The molecule has 8 heteroatoms. The third kappa shape index (κ3) is 4.13. The quantitative estimate of drug-likeness (QED) is 0.675. The first kappa shape index (κ1) is 16.4. The minimum Gasteiger partial charge on any atom is -0.480 e. The number of rotatable bonds is 7. The number of carbonyl (C=O) groups is 1. The number of nitrogens with zero attached hydrogens (tertiary/aromatic N) is 2. The molecule has 1 unspecified atom stereocenters. The maximum Gasteiger partial charge on any atom is 0.322 e. The van der Waals surface area contributed by atoms with Crippen LogP contribution in [0.4, 0.5) is 0 Å². The summed E-state index contributed by atoms with van der Waals surface area (Å²) in [6, 6.07) is -0.951. The topological polar surface area (TPSA) is 87.2 Å². The summed E-state index contributed by atoms with van der Waals surface area (Å²) in [6.45, 7) is 3.14. The molecule has 1 N–H and O–H groups in total. The average molecular weight is 294 g/mol. The van der Waals surface area contributed by atoms with E-state index >= 15 is 0 Å². The van der Waals surface area contributed by atoms with Gasteiger partial charge in [0.25, 0.3) is 10.2 Å². The SMILES string of the molecule is CCOCCN(C)S(=O)(=O)N1CCCCC1C(=O)O. The van der Waals surface area contributed by atoms with E-state index in [1.807, 2.05) is 6.92 Å². The molecular weight excluding hydrogens is 272 g/mol. The van der Waals surface area contributed by atoms with Gasteiger partial charge in [0.05, 0.1) is 6.61 Å². The fourth-order valence-corrected chi connectivity index (χ4v) is 3.60. The standard InChI is InChI=1S/C11H22N2O5S/c1-3-18-9-8-12(2)19(16,17)13-7-5-4-6-10(13)11(14)15/h10H,3-9H2,1-2H3,(H,14,15). The van der Waals surface area contributed by atoms with Gasteiger partial charge in [-0.2, -0.15) is 17.0 Å². The molecule has 19 heavy (non-hydrogen) atoms. The van der Waals surface area contributed by atoms with Gasteiger partial charge in [-0.05, 0) is 26.2 Å². The Kier molecular flexibility index (Phi) is 6.18. The van der Waals surface area contributed by atoms with Crippen molar-refractivity contribution >= 4 is 16.2 Å². The number of likely N-dealkylation sites (N-methyl/N-ethyl adjacent to an activating group) is 1. The van der Waals surface area contributed by atoms with E-state index in [0.717, 1.165) is 15.0 Å². The minimum absolute atomic E-state index is 0.221. The van der Waals surface area contributed by atoms with Crippen LogP contribution in [0.5, 0.6) is 0 Å². The van der Waals surface area contributed by atoms with E-state index in [9.17, 15) is 13.2 Å². The van der Waals surface area contributed by atoms with Crippen molar-refractivity contribution in [3.8, 4) is 0 Å². The second-order valence-electron chi connectivity index (χ2n) is 4.49. The lowest BCUT2D eigenvalue weighted by Crippen LogP contribution is -2.52. The van der Waals surface area contributed by atoms with Crippen LogP contribution >= 0.6 is 0 Å². The summed E-state index contributed by atoms with van der Waals surface area (Å²) in [4.78, 5) is 11.1. The van der Waals surface area contributed by atoms with E-state index in [2.05, 4.69) is 0 Å². The van der Waals surface area contributed by atoms with E-state index < -0.39 is 22.2 Å². The van der Waals surface area contributed by atoms with Gasteiger partial charge in [-0.25, -0.2) is 0 Å². The second kappa shape index (κ2) is 7.18. The highest BCUT2D eigenvalue weighted by molar-refractivity contribution is 7.86. The largest absolute Gasteiger partial charge is 0.480 e. The molecule has 1 aliphatic heterocycles. The highest BCUT2D eigenvalue weighted by Crippen LogP contribution is 2.22. The van der Waals surface area contributed by atoms with Crippen molar-refractivity contribution in [3.63, 3.8) is 0 Å². The monoisotopic (exact) mass is 294 g/mol. The number of piperidine rings is 1. The van der Waals surface area contributed by atoms with Gasteiger partial charge in [0.2, 0.25) is 0 Å². The fraction of sp³-hybridized carbons (Fsp3) is 0.909. The molecule has 0 bridgehead atoms. The van der Waals surface area contributed by atoms with Crippen molar-refractivity contribution in [2.24, 2.45) is 0 Å². The van der Waals surface area contributed by atoms with E-state index in [4.69, 9.17) is 9.84 Å². The summed E-state index contributed by atoms with van der Waals surface area (Å²) in [5, 5.41) is 9.12. The van der Waals surface area contributed by atoms with Crippen molar-refractivity contribution in [2.75, 3.05) is 33.4 Å². The molecule has 1 atom stereocenters. The Morgan fingerprint density at radius 3 is 2.74 bits per heavy atom. The highest BCUT2D eigenvalue weighted by atomic mass is 32.2. The Morgan fingerprint density at radius 1 is 1.47 bits per heavy atom. The molecule has 0 radical (unpaired) electrons. The van der Waals surface area contributed by atoms with Crippen LogP contribution in [0.25, 0.3) is 0 Å². The molecule has 1 fully saturated rings. The zero-order valence-electron chi connectivity index (χ0n) is 11.4. The van der Waals surface area contributed by atoms with E-state index in [-0.39, 0.29) is 13.1 Å². The summed E-state index contributed by atoms with van der Waals surface area (Å²) < 4.78 is 32.0. The van der Waals surface area contributed by atoms with Gasteiger partial charge in [0, 0.05) is 26.7 Å². The number of carboxylic acid groups (broad SMARTS) is 1. The molecule has 0 amide bonds. The normalized spacial score (nSPS) is 21.7. The first-order chi connectivity index (χ1) is 8.91. The van der Waals surface area contributed by atoms with Gasteiger partial charge in [0.15, 0.2) is 0 Å². The van der Waals surface area contributed by atoms with Crippen LogP contribution in [0.2, 0.25) is 0 Å². The summed E-state index contributed by atoms with van der Waals surface area (Å²) in [5.41, 5.74) is 0. The zero-order chi connectivity index (χ0) is 14.5. The van der Waals surface area contributed by atoms with Gasteiger partial charge < -0.3 is 9.84 Å². The summed E-state index contributed by atoms with van der Waals surface area (Å²) >= 11 is 0. The lowest BCUT2D eigenvalue weighted by atomic mass is 10.1. The molecule has 0 spiro atoms. The molecular formula is C11H22N2O5S. The first-order valence-electron chi connectivity index (χ1n) is 6.45. The van der Waals surface area contributed by atoms with E-state index in [1.165, 1.54) is 7.05 Å². The molecule has 1 saturated heterocycles. The van der Waals surface area contributed by atoms with Crippen molar-refractivity contribution in [1.29, 1.82) is 0 Å². The van der Waals surface area contributed by atoms with Crippen LogP contribution in [0.1, 0.15) is 26.2 Å². The number of carboxylic acids is 1. The van der Waals surface area contributed by atoms with Crippen LogP contribution in [0.15, 0.2) is 0 Å². The summed E-state index contributed by atoms with van der Waals surface area (Å²) in [6.07, 6.45) is 1.81. The molecule has 112 valence electrons. The lowest BCUT2D eigenvalue weighted by Gasteiger charge is -2.34. The summed E-state index contributed by atoms with van der Waals surface area (Å²) in [7, 11) is -2.28. The van der Waals surface area contributed by atoms with Gasteiger partial charge in [-0.3, -0.25) is 4.79 Å². The Morgan fingerprint density at radius 2 is 2.16 bits per heavy atom. The second-order valence-corrected chi connectivity index (χ2v) is 6.47. The minimum atomic E-state index is -3.73. The third-order valence-electron chi connectivity index (χ3n) is 3.18. The van der Waals surface area contributed by atoms with Gasteiger partial charge in [0.1, 0.15) is 6.04 Å². The average Bonchev–Trinajstić information content (AvgIpc) is 2.38. The molecule has 0 aromatic heterocycles. The number of hydrogen-bond acceptors (Lipinski definition) is 4. The van der Waals surface area contributed by atoms with Gasteiger partial charge >= 0.3 is 5.97 Å². The van der Waals surface area contributed by atoms with Crippen molar-refractivity contribution in [1.82, 2.24) is 8.61 Å². The van der Waals surface area contributed by atoms with E-state index in [0.29, 0.717) is 26.1 Å². The maximum absolute atomic E-state index is 12.3. The predicted octanol–water partition coefficient (Wildman–Crippen LogP) is 0.139.